The summed E-state index contributed by atoms with van der Waals surface area (Å²) >= 11 is 0. The third-order valence-corrected chi connectivity index (χ3v) is 20.2. The number of hydrogen-bond donors (Lipinski definition) is 0. The van der Waals surface area contributed by atoms with Crippen LogP contribution in [0.3, 0.4) is 0 Å². The SMILES string of the molecule is C[Si](C)(C)[C-]([Si](C)(C)C)[Si](C)(C)C.[Rb+]. The van der Waals surface area contributed by atoms with Gasteiger partial charge < -0.3 is 4.79 Å². The van der Waals surface area contributed by atoms with Crippen molar-refractivity contribution in [2.75, 3.05) is 0 Å². The molecule has 0 N–H and O–H groups in total. The van der Waals surface area contributed by atoms with Crippen LogP contribution in [-0.2, 0) is 0 Å². The maximum atomic E-state index is 2.53. The first-order valence-corrected chi connectivity index (χ1v) is 15.8. The van der Waals surface area contributed by atoms with Gasteiger partial charge in [-0.15, -0.1) is 24.2 Å². The van der Waals surface area contributed by atoms with E-state index in [9.17, 15) is 0 Å². The van der Waals surface area contributed by atoms with Crippen LogP contribution in [0.15, 0.2) is 0 Å². The molecule has 0 heterocycles. The Morgan fingerprint density at radius 1 is 0.500 bits per heavy atom. The zero-order chi connectivity index (χ0) is 11.1. The molecule has 0 nitrogen and oxygen atoms in total. The van der Waals surface area contributed by atoms with Crippen molar-refractivity contribution in [2.24, 2.45) is 0 Å². The van der Waals surface area contributed by atoms with Gasteiger partial charge >= 0.3 is 58.2 Å². The van der Waals surface area contributed by atoms with Crippen molar-refractivity contribution in [3.63, 3.8) is 0 Å². The number of rotatable bonds is 3. The quantitative estimate of drug-likeness (QED) is 0.542. The van der Waals surface area contributed by atoms with Crippen molar-refractivity contribution < 1.29 is 58.2 Å². The zero-order valence-electron chi connectivity index (χ0n) is 12.0. The molecule has 0 fully saturated rings. The molecule has 0 radical (unpaired) electrons. The third kappa shape index (κ3) is 6.26. The van der Waals surface area contributed by atoms with Gasteiger partial charge in [0.25, 0.3) is 0 Å². The summed E-state index contributed by atoms with van der Waals surface area (Å²) in [5.41, 5.74) is 0. The Labute approximate surface area is 143 Å². The average Bonchev–Trinajstić information content (AvgIpc) is 1.44. The summed E-state index contributed by atoms with van der Waals surface area (Å²) in [5.74, 6) is 0. The Hall–Kier alpha value is 2.46. The maximum absolute atomic E-state index is 2.53. The second-order valence-electron chi connectivity index (χ2n) is 7.12. The van der Waals surface area contributed by atoms with Crippen LogP contribution in [0.1, 0.15) is 0 Å². The molecule has 80 valence electrons. The largest absolute Gasteiger partial charge is 1.00 e. The maximum Gasteiger partial charge on any atom is 1.00 e. The minimum absolute atomic E-state index is 0. The van der Waals surface area contributed by atoms with Crippen LogP contribution in [0, 0.1) is 4.79 Å². The first kappa shape index (κ1) is 18.8. The topological polar surface area (TPSA) is 0 Å². The molecule has 0 spiro atoms. The fourth-order valence-corrected chi connectivity index (χ4v) is 30.4. The Balaban J connectivity index is 0. The fraction of sp³-hybridized carbons (Fsp3) is 0.900. The summed E-state index contributed by atoms with van der Waals surface area (Å²) in [6.07, 6.45) is 0. The molecule has 0 saturated heterocycles. The van der Waals surface area contributed by atoms with Crippen LogP contribution in [-0.4, -0.2) is 24.2 Å². The molecule has 0 aromatic rings. The van der Waals surface area contributed by atoms with E-state index in [1.165, 1.54) is 0 Å². The van der Waals surface area contributed by atoms with E-state index in [1.54, 1.807) is 0 Å². The molecular formula is C10H27RbSi3. The van der Waals surface area contributed by atoms with Gasteiger partial charge in [-0.2, -0.15) is 0 Å². The molecule has 0 rings (SSSR count). The number of hydrogen-bond acceptors (Lipinski definition) is 0. The van der Waals surface area contributed by atoms with Crippen LogP contribution >= 0.6 is 0 Å². The van der Waals surface area contributed by atoms with E-state index in [-0.39, 0.29) is 58.2 Å². The molecule has 14 heavy (non-hydrogen) atoms. The molecule has 0 aliphatic rings. The normalized spacial score (nSPS) is 14.1. The molecule has 4 heteroatoms. The van der Waals surface area contributed by atoms with E-state index in [4.69, 9.17) is 0 Å². The Morgan fingerprint density at radius 2 is 0.643 bits per heavy atom. The van der Waals surface area contributed by atoms with Crippen molar-refractivity contribution in [2.45, 2.75) is 58.9 Å². The van der Waals surface area contributed by atoms with Gasteiger partial charge in [-0.1, -0.05) is 58.9 Å². The van der Waals surface area contributed by atoms with E-state index < -0.39 is 24.2 Å². The van der Waals surface area contributed by atoms with Gasteiger partial charge in [-0.05, 0) is 0 Å². The zero-order valence-corrected chi connectivity index (χ0v) is 19.9. The molecule has 0 atom stereocenters. The van der Waals surface area contributed by atoms with Gasteiger partial charge in [0.05, 0.1) is 0 Å². The van der Waals surface area contributed by atoms with Crippen molar-refractivity contribution in [1.82, 2.24) is 0 Å². The van der Waals surface area contributed by atoms with E-state index in [2.05, 4.69) is 63.7 Å². The molecule has 0 amide bonds. The standard InChI is InChI=1S/C10H27Si3.Rb/c1-11(2,3)10(12(4,5)6)13(7,8)9;/h1-9H3;/q-1;+1. The Kier molecular flexibility index (Phi) is 7.89. The van der Waals surface area contributed by atoms with Crippen molar-refractivity contribution in [1.29, 1.82) is 0 Å². The van der Waals surface area contributed by atoms with Crippen LogP contribution in [0.25, 0.3) is 0 Å². The van der Waals surface area contributed by atoms with Crippen molar-refractivity contribution in [3.8, 4) is 0 Å². The predicted octanol–water partition coefficient (Wildman–Crippen LogP) is 1.20. The predicted molar refractivity (Wildman–Crippen MR) is 73.3 cm³/mol. The summed E-state index contributed by atoms with van der Waals surface area (Å²) < 4.78 is 0. The molecule has 0 aliphatic heterocycles. The summed E-state index contributed by atoms with van der Waals surface area (Å²) in [7, 11) is -3.05. The van der Waals surface area contributed by atoms with Crippen LogP contribution in [0.4, 0.5) is 0 Å². The molecule has 0 bridgehead atoms. The average molecular weight is 317 g/mol. The van der Waals surface area contributed by atoms with Crippen molar-refractivity contribution in [3.05, 3.63) is 4.79 Å². The van der Waals surface area contributed by atoms with Crippen LogP contribution < -0.4 is 58.2 Å². The van der Waals surface area contributed by atoms with Crippen LogP contribution in [0.5, 0.6) is 0 Å². The van der Waals surface area contributed by atoms with E-state index in [0.29, 0.717) is 0 Å². The molecule has 0 unspecified atom stereocenters. The van der Waals surface area contributed by atoms with E-state index in [0.717, 1.165) is 0 Å². The summed E-state index contributed by atoms with van der Waals surface area (Å²) in [6.45, 7) is 22.7. The Bertz CT molecular complexity index is 138. The second-order valence-corrected chi connectivity index (χ2v) is 23.6. The van der Waals surface area contributed by atoms with Gasteiger partial charge in [-0.3, -0.25) is 0 Å². The molecule has 0 aliphatic carbocycles. The molecule has 0 aromatic heterocycles. The van der Waals surface area contributed by atoms with Gasteiger partial charge in [0.1, 0.15) is 0 Å². The smallest absolute Gasteiger partial charge is 0.311 e. The van der Waals surface area contributed by atoms with Crippen molar-refractivity contribution >= 4 is 24.2 Å². The van der Waals surface area contributed by atoms with Gasteiger partial charge in [0.15, 0.2) is 0 Å². The minimum atomic E-state index is -1.02. The van der Waals surface area contributed by atoms with E-state index >= 15 is 0 Å². The Morgan fingerprint density at radius 3 is 0.643 bits per heavy atom. The molecular weight excluding hydrogens is 290 g/mol. The minimum Gasteiger partial charge on any atom is -0.311 e. The first-order valence-electron chi connectivity index (χ1n) is 5.25. The summed E-state index contributed by atoms with van der Waals surface area (Å²) in [4.78, 5) is 2.06. The van der Waals surface area contributed by atoms with Gasteiger partial charge in [0.2, 0.25) is 0 Å². The summed E-state index contributed by atoms with van der Waals surface area (Å²) in [5, 5.41) is 0. The molecule has 0 aromatic carbocycles. The van der Waals surface area contributed by atoms with Crippen LogP contribution in [0.2, 0.25) is 58.9 Å². The third-order valence-electron chi connectivity index (χ3n) is 2.25. The fourth-order valence-electron chi connectivity index (χ4n) is 3.38. The monoisotopic (exact) mass is 316 g/mol. The molecule has 0 saturated carbocycles. The first-order chi connectivity index (χ1) is 5.37. The summed E-state index contributed by atoms with van der Waals surface area (Å²) in [6, 6.07) is 0. The van der Waals surface area contributed by atoms with Gasteiger partial charge in [0, 0.05) is 0 Å². The second kappa shape index (κ2) is 5.87. The van der Waals surface area contributed by atoms with E-state index in [1.807, 2.05) is 0 Å². The van der Waals surface area contributed by atoms with Gasteiger partial charge in [-0.25, -0.2) is 0 Å².